The van der Waals surface area contributed by atoms with Gasteiger partial charge in [0.1, 0.15) is 5.69 Å². The van der Waals surface area contributed by atoms with Gasteiger partial charge in [-0.2, -0.15) is 0 Å². The predicted octanol–water partition coefficient (Wildman–Crippen LogP) is 5.33. The van der Waals surface area contributed by atoms with Crippen molar-refractivity contribution in [2.24, 2.45) is 17.3 Å². The second-order valence-electron chi connectivity index (χ2n) is 9.49. The van der Waals surface area contributed by atoms with E-state index in [1.165, 1.54) is 19.3 Å². The van der Waals surface area contributed by atoms with Gasteiger partial charge in [0, 0.05) is 15.2 Å². The van der Waals surface area contributed by atoms with Gasteiger partial charge in [0.25, 0.3) is 0 Å². The molecule has 6 rings (SSSR count). The van der Waals surface area contributed by atoms with Crippen molar-refractivity contribution in [3.63, 3.8) is 0 Å². The van der Waals surface area contributed by atoms with Crippen LogP contribution in [0.5, 0.6) is 0 Å². The van der Waals surface area contributed by atoms with E-state index in [1.807, 2.05) is 25.1 Å². The number of carbonyl (C=O) groups excluding carboxylic acids is 2. The van der Waals surface area contributed by atoms with E-state index in [9.17, 15) is 9.59 Å². The minimum atomic E-state index is -0.431. The summed E-state index contributed by atoms with van der Waals surface area (Å²) in [5, 5.41) is 4.04. The highest BCUT2D eigenvalue weighted by Crippen LogP contribution is 2.64. The molecule has 29 heavy (non-hydrogen) atoms. The summed E-state index contributed by atoms with van der Waals surface area (Å²) in [4.78, 5) is 29.4. The van der Waals surface area contributed by atoms with Gasteiger partial charge in [-0.05, 0) is 76.3 Å². The van der Waals surface area contributed by atoms with Crippen LogP contribution < -0.4 is 5.32 Å². The number of aromatic nitrogens is 1. The maximum atomic E-state index is 13.7. The average Bonchev–Trinajstić information content (AvgIpc) is 2.98. The first-order valence-electron chi connectivity index (χ1n) is 10.6. The van der Waals surface area contributed by atoms with E-state index in [1.54, 1.807) is 6.92 Å². The van der Waals surface area contributed by atoms with Crippen LogP contribution in [-0.4, -0.2) is 27.8 Å². The standard InChI is InChI=1S/C23H27BrN2O3/c1-3-29-20(27)19-18(16-6-13(2)4-5-17(16)25-19)26-21(28)22-8-14-7-15(9-22)11-23(24,10-14)12-22/h4-6,14-15,25H,3,7-12H2,1-2H3,(H,26,28)/t14-,15-,22?,23?/m0/s1. The fourth-order valence-corrected chi connectivity index (χ4v) is 7.91. The maximum Gasteiger partial charge on any atom is 0.356 e. The number of H-pyrrole nitrogens is 1. The molecule has 5 nitrogen and oxygen atoms in total. The fourth-order valence-electron chi connectivity index (χ4n) is 6.45. The second kappa shape index (κ2) is 6.59. The van der Waals surface area contributed by atoms with Gasteiger partial charge in [-0.25, -0.2) is 4.79 Å². The molecule has 0 radical (unpaired) electrons. The van der Waals surface area contributed by atoms with Gasteiger partial charge in [0.2, 0.25) is 5.91 Å². The molecule has 4 saturated carbocycles. The normalized spacial score (nSPS) is 32.5. The Labute approximate surface area is 179 Å². The van der Waals surface area contributed by atoms with Crippen molar-refractivity contribution in [3.05, 3.63) is 29.5 Å². The number of ether oxygens (including phenoxy) is 1. The van der Waals surface area contributed by atoms with Crippen molar-refractivity contribution < 1.29 is 14.3 Å². The molecule has 1 aromatic heterocycles. The summed E-state index contributed by atoms with van der Waals surface area (Å²) in [5.41, 5.74) is 2.46. The van der Waals surface area contributed by atoms with Crippen molar-refractivity contribution >= 4 is 44.4 Å². The third-order valence-electron chi connectivity index (χ3n) is 7.14. The van der Waals surface area contributed by atoms with E-state index in [0.29, 0.717) is 29.8 Å². The van der Waals surface area contributed by atoms with E-state index < -0.39 is 5.97 Å². The molecule has 2 aromatic rings. The number of hydrogen-bond acceptors (Lipinski definition) is 3. The highest BCUT2D eigenvalue weighted by molar-refractivity contribution is 9.10. The molecule has 4 aliphatic rings. The highest BCUT2D eigenvalue weighted by Gasteiger charge is 2.59. The Morgan fingerprint density at radius 1 is 1.24 bits per heavy atom. The third-order valence-corrected chi connectivity index (χ3v) is 8.07. The second-order valence-corrected chi connectivity index (χ2v) is 11.2. The van der Waals surface area contributed by atoms with Crippen LogP contribution in [-0.2, 0) is 9.53 Å². The number of fused-ring (bicyclic) bond motifs is 1. The Hall–Kier alpha value is -1.82. The lowest BCUT2D eigenvalue weighted by atomic mass is 9.49. The SMILES string of the molecule is CCOC(=O)c1[nH]c2ccc(C)cc2c1NC(=O)C12C[C@@H]3C[C@H](CC(Br)(C3)C1)C2. The summed E-state index contributed by atoms with van der Waals surface area (Å²) in [6, 6.07) is 5.95. The van der Waals surface area contributed by atoms with E-state index >= 15 is 0 Å². The molecule has 0 unspecified atom stereocenters. The predicted molar refractivity (Wildman–Crippen MR) is 116 cm³/mol. The number of aryl methyl sites for hydroxylation is 1. The first kappa shape index (κ1) is 19.2. The van der Waals surface area contributed by atoms with Gasteiger partial charge >= 0.3 is 5.97 Å². The zero-order valence-electron chi connectivity index (χ0n) is 16.9. The summed E-state index contributed by atoms with van der Waals surface area (Å²) < 4.78 is 5.35. The van der Waals surface area contributed by atoms with E-state index in [-0.39, 0.29) is 15.6 Å². The topological polar surface area (TPSA) is 71.2 Å². The van der Waals surface area contributed by atoms with E-state index in [4.69, 9.17) is 4.74 Å². The van der Waals surface area contributed by atoms with E-state index in [2.05, 4.69) is 26.2 Å². The van der Waals surface area contributed by atoms with Crippen LogP contribution in [0.3, 0.4) is 0 Å². The lowest BCUT2D eigenvalue weighted by molar-refractivity contribution is -0.138. The van der Waals surface area contributed by atoms with Crippen molar-refractivity contribution in [1.29, 1.82) is 0 Å². The minimum Gasteiger partial charge on any atom is -0.461 e. The smallest absolute Gasteiger partial charge is 0.356 e. The maximum absolute atomic E-state index is 13.7. The van der Waals surface area contributed by atoms with Crippen molar-refractivity contribution in [3.8, 4) is 0 Å². The summed E-state index contributed by atoms with van der Waals surface area (Å²) >= 11 is 3.99. The summed E-state index contributed by atoms with van der Waals surface area (Å²) in [6.45, 7) is 4.09. The molecule has 2 atom stereocenters. The fraction of sp³-hybridized carbons (Fsp3) is 0.565. The quantitative estimate of drug-likeness (QED) is 0.480. The molecule has 6 heteroatoms. The lowest BCUT2D eigenvalue weighted by Crippen LogP contribution is -2.57. The first-order chi connectivity index (χ1) is 13.8. The summed E-state index contributed by atoms with van der Waals surface area (Å²) in [7, 11) is 0. The molecule has 2 N–H and O–H groups in total. The number of nitrogens with one attached hydrogen (secondary N) is 2. The average molecular weight is 459 g/mol. The molecule has 4 fully saturated rings. The van der Waals surface area contributed by atoms with Crippen LogP contribution in [0.4, 0.5) is 5.69 Å². The Morgan fingerprint density at radius 3 is 2.62 bits per heavy atom. The molecule has 1 amide bonds. The molecule has 4 aliphatic carbocycles. The Kier molecular flexibility index (Phi) is 4.36. The number of anilines is 1. The number of benzene rings is 1. The zero-order valence-corrected chi connectivity index (χ0v) is 18.5. The number of carbonyl (C=O) groups is 2. The van der Waals surface area contributed by atoms with Crippen LogP contribution in [0.25, 0.3) is 10.9 Å². The summed E-state index contributed by atoms with van der Waals surface area (Å²) in [5.74, 6) is 0.870. The van der Waals surface area contributed by atoms with Crippen molar-refractivity contribution in [1.82, 2.24) is 4.98 Å². The number of esters is 1. The molecule has 1 heterocycles. The highest BCUT2D eigenvalue weighted by atomic mass is 79.9. The molecular formula is C23H27BrN2O3. The largest absolute Gasteiger partial charge is 0.461 e. The third kappa shape index (κ3) is 3.11. The van der Waals surface area contributed by atoms with Crippen LogP contribution in [0.1, 0.15) is 61.5 Å². The molecule has 0 spiro atoms. The van der Waals surface area contributed by atoms with Gasteiger partial charge in [-0.15, -0.1) is 0 Å². The van der Waals surface area contributed by atoms with Crippen LogP contribution in [0.2, 0.25) is 0 Å². The molecule has 1 aromatic carbocycles. The Bertz CT molecular complexity index is 997. The summed E-state index contributed by atoms with van der Waals surface area (Å²) in [6.07, 6.45) is 6.41. The van der Waals surface area contributed by atoms with E-state index in [0.717, 1.165) is 35.7 Å². The zero-order chi connectivity index (χ0) is 20.4. The monoisotopic (exact) mass is 458 g/mol. The number of amides is 1. The lowest BCUT2D eigenvalue weighted by Gasteiger charge is -2.59. The van der Waals surface area contributed by atoms with Crippen LogP contribution in [0.15, 0.2) is 18.2 Å². The van der Waals surface area contributed by atoms with Gasteiger partial charge in [-0.3, -0.25) is 4.79 Å². The Balaban J connectivity index is 1.53. The molecule has 0 aliphatic heterocycles. The number of halogens is 1. The molecular weight excluding hydrogens is 432 g/mol. The van der Waals surface area contributed by atoms with Crippen molar-refractivity contribution in [2.45, 2.75) is 56.7 Å². The van der Waals surface area contributed by atoms with Gasteiger partial charge < -0.3 is 15.0 Å². The Morgan fingerprint density at radius 2 is 1.97 bits per heavy atom. The van der Waals surface area contributed by atoms with Crippen LogP contribution >= 0.6 is 15.9 Å². The number of hydrogen-bond donors (Lipinski definition) is 2. The van der Waals surface area contributed by atoms with Gasteiger partial charge in [0.15, 0.2) is 0 Å². The molecule has 154 valence electrons. The minimum absolute atomic E-state index is 0.0587. The number of rotatable bonds is 4. The van der Waals surface area contributed by atoms with Crippen molar-refractivity contribution in [2.75, 3.05) is 11.9 Å². The first-order valence-corrected chi connectivity index (χ1v) is 11.4. The number of alkyl halides is 1. The number of aromatic amines is 1. The molecule has 0 saturated heterocycles. The van der Waals surface area contributed by atoms with Gasteiger partial charge in [-0.1, -0.05) is 27.6 Å². The van der Waals surface area contributed by atoms with Gasteiger partial charge in [0.05, 0.1) is 17.7 Å². The molecule has 4 bridgehead atoms. The van der Waals surface area contributed by atoms with Crippen LogP contribution in [0, 0.1) is 24.2 Å².